The molecule has 0 spiro atoms. The van der Waals surface area contributed by atoms with Crippen molar-refractivity contribution < 1.29 is 18.0 Å². The summed E-state index contributed by atoms with van der Waals surface area (Å²) in [7, 11) is 0. The molecular formula is C16H18F3N3OS2. The number of rotatable bonds is 3. The van der Waals surface area contributed by atoms with Crippen molar-refractivity contribution in [2.75, 3.05) is 18.8 Å². The molecule has 25 heavy (non-hydrogen) atoms. The summed E-state index contributed by atoms with van der Waals surface area (Å²) in [5, 5.41) is 1.65. The van der Waals surface area contributed by atoms with Crippen LogP contribution >= 0.6 is 23.1 Å². The number of carbonyl (C=O) groups excluding carboxylic acids is 1. The summed E-state index contributed by atoms with van der Waals surface area (Å²) < 4.78 is 38.7. The first-order valence-electron chi connectivity index (χ1n) is 7.95. The van der Waals surface area contributed by atoms with Crippen molar-refractivity contribution in [2.45, 2.75) is 37.9 Å². The van der Waals surface area contributed by atoms with E-state index in [9.17, 15) is 18.0 Å². The Bertz CT molecular complexity index is 791. The Labute approximate surface area is 151 Å². The van der Waals surface area contributed by atoms with Crippen molar-refractivity contribution >= 4 is 39.2 Å². The van der Waals surface area contributed by atoms with E-state index >= 15 is 0 Å². The highest BCUT2D eigenvalue weighted by Crippen LogP contribution is 2.35. The highest BCUT2D eigenvalue weighted by molar-refractivity contribution is 8.00. The molecule has 1 saturated heterocycles. The van der Waals surface area contributed by atoms with Crippen LogP contribution in [0.3, 0.4) is 0 Å². The van der Waals surface area contributed by atoms with Crippen molar-refractivity contribution in [3.05, 3.63) is 16.8 Å². The third kappa shape index (κ3) is 3.92. The zero-order valence-corrected chi connectivity index (χ0v) is 15.5. The number of carbonyl (C=O) groups is 1. The van der Waals surface area contributed by atoms with Crippen LogP contribution in [0.4, 0.5) is 13.2 Å². The lowest BCUT2D eigenvalue weighted by atomic mass is 9.97. The van der Waals surface area contributed by atoms with Gasteiger partial charge in [0.2, 0.25) is 5.91 Å². The lowest BCUT2D eigenvalue weighted by Crippen LogP contribution is -2.45. The molecule has 0 aromatic carbocycles. The Kier molecular flexibility index (Phi) is 5.24. The average Bonchev–Trinajstić information content (AvgIpc) is 2.87. The zero-order chi connectivity index (χ0) is 18.2. The van der Waals surface area contributed by atoms with E-state index in [1.165, 1.54) is 23.0 Å². The van der Waals surface area contributed by atoms with Crippen molar-refractivity contribution in [2.24, 2.45) is 5.92 Å². The summed E-state index contributed by atoms with van der Waals surface area (Å²) in [6.45, 7) is 4.15. The molecule has 3 heterocycles. The van der Waals surface area contributed by atoms with Crippen LogP contribution in [0.1, 0.15) is 23.3 Å². The highest BCUT2D eigenvalue weighted by atomic mass is 32.2. The molecule has 4 nitrogen and oxygen atoms in total. The summed E-state index contributed by atoms with van der Waals surface area (Å²) in [6, 6.07) is 0. The molecule has 0 N–H and O–H groups in total. The summed E-state index contributed by atoms with van der Waals surface area (Å²) in [5.41, 5.74) is 1.09. The summed E-state index contributed by atoms with van der Waals surface area (Å²) in [6.07, 6.45) is -2.29. The highest BCUT2D eigenvalue weighted by Gasteiger charge is 2.42. The van der Waals surface area contributed by atoms with E-state index in [0.29, 0.717) is 18.0 Å². The molecule has 0 unspecified atom stereocenters. The molecule has 0 radical (unpaired) electrons. The van der Waals surface area contributed by atoms with Gasteiger partial charge in [-0.25, -0.2) is 9.97 Å². The fourth-order valence-corrected chi connectivity index (χ4v) is 4.97. The Balaban J connectivity index is 1.69. The lowest BCUT2D eigenvalue weighted by Gasteiger charge is -2.33. The van der Waals surface area contributed by atoms with E-state index in [0.717, 1.165) is 20.7 Å². The molecule has 0 aliphatic carbocycles. The number of fused-ring (bicyclic) bond motifs is 1. The molecule has 2 aromatic rings. The molecule has 1 fully saturated rings. The maximum Gasteiger partial charge on any atom is 0.393 e. The number of hydrogen-bond donors (Lipinski definition) is 0. The molecule has 1 aliphatic rings. The second-order valence-electron chi connectivity index (χ2n) is 6.15. The smallest absolute Gasteiger partial charge is 0.341 e. The van der Waals surface area contributed by atoms with E-state index in [1.807, 2.05) is 13.8 Å². The number of hydrogen-bond acceptors (Lipinski definition) is 5. The first-order chi connectivity index (χ1) is 11.8. The number of alkyl halides is 3. The number of aryl methyl sites for hydroxylation is 2. The molecule has 136 valence electrons. The fourth-order valence-electron chi connectivity index (χ4n) is 2.95. The summed E-state index contributed by atoms with van der Waals surface area (Å²) >= 11 is 2.84. The maximum atomic E-state index is 12.9. The first kappa shape index (κ1) is 18.4. The van der Waals surface area contributed by atoms with Gasteiger partial charge in [0.15, 0.2) is 0 Å². The molecule has 0 bridgehead atoms. The van der Waals surface area contributed by atoms with E-state index in [4.69, 9.17) is 0 Å². The number of aromatic nitrogens is 2. The first-order valence-corrected chi connectivity index (χ1v) is 9.75. The minimum atomic E-state index is -4.24. The van der Waals surface area contributed by atoms with E-state index in [2.05, 4.69) is 9.97 Å². The number of likely N-dealkylation sites (tertiary alicyclic amines) is 1. The van der Waals surface area contributed by atoms with Crippen LogP contribution in [0.15, 0.2) is 11.4 Å². The monoisotopic (exact) mass is 389 g/mol. The van der Waals surface area contributed by atoms with Gasteiger partial charge in [-0.05, 0) is 32.3 Å². The van der Waals surface area contributed by atoms with Crippen molar-refractivity contribution in [1.82, 2.24) is 14.9 Å². The van der Waals surface area contributed by atoms with Gasteiger partial charge >= 0.3 is 6.18 Å². The van der Waals surface area contributed by atoms with Crippen LogP contribution < -0.4 is 0 Å². The number of amides is 1. The van der Waals surface area contributed by atoms with Gasteiger partial charge in [-0.15, -0.1) is 11.3 Å². The van der Waals surface area contributed by atoms with E-state index < -0.39 is 12.1 Å². The zero-order valence-electron chi connectivity index (χ0n) is 13.9. The van der Waals surface area contributed by atoms with Crippen molar-refractivity contribution in [3.8, 4) is 0 Å². The van der Waals surface area contributed by atoms with Gasteiger partial charge in [-0.2, -0.15) is 13.2 Å². The quantitative estimate of drug-likeness (QED) is 0.583. The van der Waals surface area contributed by atoms with Crippen LogP contribution in [-0.4, -0.2) is 45.8 Å². The Morgan fingerprint density at radius 2 is 2.16 bits per heavy atom. The number of halogens is 3. The van der Waals surface area contributed by atoms with Crippen LogP contribution in [0.5, 0.6) is 0 Å². The van der Waals surface area contributed by atoms with E-state index in [1.54, 1.807) is 11.3 Å². The Hall–Kier alpha value is -1.35. The number of piperidine rings is 1. The van der Waals surface area contributed by atoms with Gasteiger partial charge in [0, 0.05) is 23.4 Å². The molecule has 3 rings (SSSR count). The normalized spacial score (nSPS) is 18.8. The third-order valence-electron chi connectivity index (χ3n) is 4.50. The molecule has 0 saturated carbocycles. The van der Waals surface area contributed by atoms with Gasteiger partial charge in [0.1, 0.15) is 16.2 Å². The standard InChI is InChI=1S/C16H18F3N3OS2/c1-9-10(2)25-15-13(9)14(20-8-21-15)24-7-12(23)22-5-3-4-11(6-22)16(17,18)19/h8,11H,3-7H2,1-2H3/t11-/m1/s1. The van der Waals surface area contributed by atoms with Gasteiger partial charge in [-0.3, -0.25) is 4.79 Å². The predicted octanol–water partition coefficient (Wildman–Crippen LogP) is 4.20. The molecule has 1 amide bonds. The van der Waals surface area contributed by atoms with Crippen molar-refractivity contribution in [1.29, 1.82) is 0 Å². The average molecular weight is 389 g/mol. The summed E-state index contributed by atoms with van der Waals surface area (Å²) in [5.74, 6) is -1.59. The lowest BCUT2D eigenvalue weighted by molar-refractivity contribution is -0.187. The molecule has 1 atom stereocenters. The van der Waals surface area contributed by atoms with Crippen LogP contribution in [0.2, 0.25) is 0 Å². The Morgan fingerprint density at radius 3 is 2.88 bits per heavy atom. The molecular weight excluding hydrogens is 371 g/mol. The summed E-state index contributed by atoms with van der Waals surface area (Å²) in [4.78, 5) is 24.2. The Morgan fingerprint density at radius 1 is 1.40 bits per heavy atom. The van der Waals surface area contributed by atoms with Crippen molar-refractivity contribution in [3.63, 3.8) is 0 Å². The maximum absolute atomic E-state index is 12.9. The minimum Gasteiger partial charge on any atom is -0.341 e. The second-order valence-corrected chi connectivity index (χ2v) is 8.32. The third-order valence-corrected chi connectivity index (χ3v) is 6.59. The molecule has 9 heteroatoms. The van der Waals surface area contributed by atoms with Crippen LogP contribution in [0.25, 0.3) is 10.2 Å². The second kappa shape index (κ2) is 7.11. The predicted molar refractivity (Wildman–Crippen MR) is 93.0 cm³/mol. The largest absolute Gasteiger partial charge is 0.393 e. The van der Waals surface area contributed by atoms with Crippen LogP contribution in [0, 0.1) is 19.8 Å². The van der Waals surface area contributed by atoms with Crippen LogP contribution in [-0.2, 0) is 4.79 Å². The number of thiophene rings is 1. The minimum absolute atomic E-state index is 0.0883. The number of nitrogens with zero attached hydrogens (tertiary/aromatic N) is 3. The number of thioether (sulfide) groups is 1. The SMILES string of the molecule is Cc1sc2ncnc(SCC(=O)N3CCC[C@@H](C(F)(F)F)C3)c2c1C. The molecule has 2 aromatic heterocycles. The fraction of sp³-hybridized carbons (Fsp3) is 0.562. The topological polar surface area (TPSA) is 46.1 Å². The van der Waals surface area contributed by atoms with Gasteiger partial charge < -0.3 is 4.90 Å². The molecule has 1 aliphatic heterocycles. The van der Waals surface area contributed by atoms with Gasteiger partial charge in [0.05, 0.1) is 11.7 Å². The van der Waals surface area contributed by atoms with Gasteiger partial charge in [0.25, 0.3) is 0 Å². The van der Waals surface area contributed by atoms with Gasteiger partial charge in [-0.1, -0.05) is 11.8 Å². The van der Waals surface area contributed by atoms with E-state index in [-0.39, 0.29) is 24.6 Å².